The maximum atomic E-state index is 10.9. The van der Waals surface area contributed by atoms with Crippen molar-refractivity contribution in [2.24, 2.45) is 0 Å². The van der Waals surface area contributed by atoms with E-state index in [9.17, 15) is 9.90 Å². The third kappa shape index (κ3) is 4.87. The smallest absolute Gasteiger partial charge is 0.305 e. The van der Waals surface area contributed by atoms with E-state index in [2.05, 4.69) is 4.74 Å². The van der Waals surface area contributed by atoms with Crippen LogP contribution < -0.4 is 4.74 Å². The zero-order valence-electron chi connectivity index (χ0n) is 10.2. The number of benzene rings is 1. The maximum Gasteiger partial charge on any atom is 0.305 e. The van der Waals surface area contributed by atoms with Gasteiger partial charge in [0.1, 0.15) is 5.75 Å². The van der Waals surface area contributed by atoms with Crippen LogP contribution in [0.2, 0.25) is 0 Å². The summed E-state index contributed by atoms with van der Waals surface area (Å²) in [5.74, 6) is 0.472. The number of rotatable bonds is 6. The van der Waals surface area contributed by atoms with Crippen LogP contribution in [0.3, 0.4) is 0 Å². The summed E-state index contributed by atoms with van der Waals surface area (Å²) in [5, 5.41) is 9.41. The van der Waals surface area contributed by atoms with Crippen molar-refractivity contribution in [2.45, 2.75) is 25.9 Å². The minimum atomic E-state index is -0.506. The van der Waals surface area contributed by atoms with Crippen molar-refractivity contribution in [3.63, 3.8) is 0 Å². The topological polar surface area (TPSA) is 55.8 Å². The van der Waals surface area contributed by atoms with Crippen molar-refractivity contribution in [1.29, 1.82) is 0 Å². The Balaban J connectivity index is 2.36. The fourth-order valence-corrected chi connectivity index (χ4v) is 1.37. The highest BCUT2D eigenvalue weighted by molar-refractivity contribution is 5.69. The molecule has 0 aromatic heterocycles. The molecule has 0 spiro atoms. The molecule has 0 bridgehead atoms. The molecule has 1 aromatic rings. The van der Waals surface area contributed by atoms with E-state index in [1.165, 1.54) is 7.11 Å². The Bertz CT molecular complexity index is 360. The molecule has 0 aliphatic rings. The van der Waals surface area contributed by atoms with Gasteiger partial charge < -0.3 is 14.6 Å². The molecule has 0 radical (unpaired) electrons. The predicted molar refractivity (Wildman–Crippen MR) is 63.8 cm³/mol. The van der Waals surface area contributed by atoms with Gasteiger partial charge in [0.05, 0.1) is 19.8 Å². The number of carbonyl (C=O) groups is 1. The third-order valence-electron chi connectivity index (χ3n) is 2.36. The van der Waals surface area contributed by atoms with E-state index in [4.69, 9.17) is 4.74 Å². The molecule has 1 rings (SSSR count). The summed E-state index contributed by atoms with van der Waals surface area (Å²) in [6.45, 7) is 2.16. The van der Waals surface area contributed by atoms with Gasteiger partial charge in [0.25, 0.3) is 0 Å². The van der Waals surface area contributed by atoms with Crippen LogP contribution in [0.4, 0.5) is 0 Å². The Morgan fingerprint density at radius 3 is 2.88 bits per heavy atom. The first-order valence-corrected chi connectivity index (χ1v) is 5.61. The van der Waals surface area contributed by atoms with Gasteiger partial charge in [0, 0.05) is 6.42 Å². The summed E-state index contributed by atoms with van der Waals surface area (Å²) in [5.41, 5.74) is 0.815. The standard InChI is InChI=1S/C13H18O4/c1-10(14)11-5-3-6-12(9-11)17-8-4-7-13(15)16-2/h3,5-6,9-10,14H,4,7-8H2,1-2H3/t10-/m0/s1. The average molecular weight is 238 g/mol. The second kappa shape index (κ2) is 6.91. The Morgan fingerprint density at radius 1 is 1.47 bits per heavy atom. The summed E-state index contributed by atoms with van der Waals surface area (Å²) >= 11 is 0. The second-order valence-electron chi connectivity index (χ2n) is 3.78. The lowest BCUT2D eigenvalue weighted by atomic mass is 10.1. The molecule has 94 valence electrons. The number of esters is 1. The van der Waals surface area contributed by atoms with Crippen LogP contribution in [-0.2, 0) is 9.53 Å². The molecule has 0 unspecified atom stereocenters. The molecule has 0 aliphatic heterocycles. The van der Waals surface area contributed by atoms with Crippen molar-refractivity contribution in [3.05, 3.63) is 29.8 Å². The number of hydrogen-bond donors (Lipinski definition) is 1. The van der Waals surface area contributed by atoms with Gasteiger partial charge in [0.15, 0.2) is 0 Å². The summed E-state index contributed by atoms with van der Waals surface area (Å²) in [4.78, 5) is 10.9. The number of methoxy groups -OCH3 is 1. The highest BCUT2D eigenvalue weighted by atomic mass is 16.5. The van der Waals surface area contributed by atoms with Crippen molar-refractivity contribution >= 4 is 5.97 Å². The van der Waals surface area contributed by atoms with Crippen LogP contribution in [0.25, 0.3) is 0 Å². The van der Waals surface area contributed by atoms with Crippen LogP contribution in [0.15, 0.2) is 24.3 Å². The maximum absolute atomic E-state index is 10.9. The number of carbonyl (C=O) groups excluding carboxylic acids is 1. The summed E-state index contributed by atoms with van der Waals surface area (Å²) < 4.78 is 10.00. The van der Waals surface area contributed by atoms with Crippen LogP contribution in [0.5, 0.6) is 5.75 Å². The molecule has 0 heterocycles. The third-order valence-corrected chi connectivity index (χ3v) is 2.36. The van der Waals surface area contributed by atoms with Gasteiger partial charge in [-0.2, -0.15) is 0 Å². The molecule has 0 amide bonds. The molecule has 17 heavy (non-hydrogen) atoms. The van der Waals surface area contributed by atoms with E-state index < -0.39 is 6.10 Å². The Morgan fingerprint density at radius 2 is 2.24 bits per heavy atom. The number of hydrogen-bond acceptors (Lipinski definition) is 4. The van der Waals surface area contributed by atoms with Gasteiger partial charge in [-0.3, -0.25) is 4.79 Å². The fraction of sp³-hybridized carbons (Fsp3) is 0.462. The Labute approximate surface area is 101 Å². The van der Waals surface area contributed by atoms with Crippen molar-refractivity contribution in [2.75, 3.05) is 13.7 Å². The number of ether oxygens (including phenoxy) is 2. The van der Waals surface area contributed by atoms with Gasteiger partial charge in [-0.25, -0.2) is 0 Å². The van der Waals surface area contributed by atoms with Gasteiger partial charge >= 0.3 is 5.97 Å². The largest absolute Gasteiger partial charge is 0.494 e. The monoisotopic (exact) mass is 238 g/mol. The Hall–Kier alpha value is -1.55. The van der Waals surface area contributed by atoms with E-state index in [-0.39, 0.29) is 5.97 Å². The highest BCUT2D eigenvalue weighted by Gasteiger charge is 2.03. The fourth-order valence-electron chi connectivity index (χ4n) is 1.37. The minimum Gasteiger partial charge on any atom is -0.494 e. The molecule has 0 fully saturated rings. The van der Waals surface area contributed by atoms with Crippen molar-refractivity contribution < 1.29 is 19.4 Å². The van der Waals surface area contributed by atoms with E-state index in [1.54, 1.807) is 13.0 Å². The molecular weight excluding hydrogens is 220 g/mol. The number of aliphatic hydroxyl groups excluding tert-OH is 1. The molecule has 1 aromatic carbocycles. The average Bonchev–Trinajstić information content (AvgIpc) is 2.34. The van der Waals surface area contributed by atoms with E-state index >= 15 is 0 Å². The molecule has 0 aliphatic carbocycles. The lowest BCUT2D eigenvalue weighted by molar-refractivity contribution is -0.140. The van der Waals surface area contributed by atoms with Gasteiger partial charge in [0.2, 0.25) is 0 Å². The first-order valence-electron chi connectivity index (χ1n) is 5.61. The first kappa shape index (κ1) is 13.5. The minimum absolute atomic E-state index is 0.230. The van der Waals surface area contributed by atoms with Crippen LogP contribution in [-0.4, -0.2) is 24.8 Å². The van der Waals surface area contributed by atoms with E-state index in [0.29, 0.717) is 25.2 Å². The predicted octanol–water partition coefficient (Wildman–Crippen LogP) is 2.07. The molecule has 0 saturated carbocycles. The highest BCUT2D eigenvalue weighted by Crippen LogP contribution is 2.18. The number of aliphatic hydroxyl groups is 1. The van der Waals surface area contributed by atoms with Gasteiger partial charge in [-0.05, 0) is 31.0 Å². The summed E-state index contributed by atoms with van der Waals surface area (Å²) in [7, 11) is 1.37. The molecule has 4 nitrogen and oxygen atoms in total. The molecular formula is C13H18O4. The molecule has 1 atom stereocenters. The summed E-state index contributed by atoms with van der Waals surface area (Å²) in [6.07, 6.45) is 0.465. The SMILES string of the molecule is COC(=O)CCCOc1cccc([C@H](C)O)c1. The van der Waals surface area contributed by atoms with Crippen molar-refractivity contribution in [1.82, 2.24) is 0 Å². The van der Waals surface area contributed by atoms with Gasteiger partial charge in [-0.15, -0.1) is 0 Å². The normalized spacial score (nSPS) is 11.9. The zero-order chi connectivity index (χ0) is 12.7. The van der Waals surface area contributed by atoms with Gasteiger partial charge in [-0.1, -0.05) is 12.1 Å². The van der Waals surface area contributed by atoms with E-state index in [1.807, 2.05) is 18.2 Å². The van der Waals surface area contributed by atoms with Crippen LogP contribution in [0, 0.1) is 0 Å². The van der Waals surface area contributed by atoms with Crippen LogP contribution in [0.1, 0.15) is 31.4 Å². The van der Waals surface area contributed by atoms with E-state index in [0.717, 1.165) is 5.56 Å². The van der Waals surface area contributed by atoms with Crippen molar-refractivity contribution in [3.8, 4) is 5.75 Å². The lowest BCUT2D eigenvalue weighted by Gasteiger charge is -2.09. The molecule has 0 saturated heterocycles. The molecule has 1 N–H and O–H groups in total. The van der Waals surface area contributed by atoms with Crippen LogP contribution >= 0.6 is 0 Å². The Kier molecular flexibility index (Phi) is 5.49. The zero-order valence-corrected chi connectivity index (χ0v) is 10.2. The second-order valence-corrected chi connectivity index (χ2v) is 3.78. The quantitative estimate of drug-likeness (QED) is 0.609. The lowest BCUT2D eigenvalue weighted by Crippen LogP contribution is -2.04. The summed E-state index contributed by atoms with van der Waals surface area (Å²) in [6, 6.07) is 7.29. The first-order chi connectivity index (χ1) is 8.13. The molecule has 4 heteroatoms.